The van der Waals surface area contributed by atoms with Crippen LogP contribution in [0.2, 0.25) is 0 Å². The number of aldehydes is 1. The predicted molar refractivity (Wildman–Crippen MR) is 92.0 cm³/mol. The highest BCUT2D eigenvalue weighted by Crippen LogP contribution is 2.39. The third-order valence-electron chi connectivity index (χ3n) is 4.65. The first-order valence-electron chi connectivity index (χ1n) is 8.07. The zero-order chi connectivity index (χ0) is 16.1. The quantitative estimate of drug-likeness (QED) is 0.605. The normalized spacial score (nSPS) is 23.9. The van der Waals surface area contributed by atoms with Gasteiger partial charge in [0.1, 0.15) is 6.29 Å². The summed E-state index contributed by atoms with van der Waals surface area (Å²) in [7, 11) is 0. The number of Topliss-reactive ketones (excluding diaryl/α,β-unsaturated/α-hetero) is 1. The molecule has 3 rings (SSSR count). The lowest BCUT2D eigenvalue weighted by Crippen LogP contribution is -2.21. The van der Waals surface area contributed by atoms with Crippen LogP contribution in [-0.2, 0) is 4.79 Å². The van der Waals surface area contributed by atoms with Crippen molar-refractivity contribution in [2.75, 3.05) is 0 Å². The van der Waals surface area contributed by atoms with E-state index < -0.39 is 0 Å². The van der Waals surface area contributed by atoms with Crippen LogP contribution < -0.4 is 0 Å². The number of carbonyl (C=O) groups excluding carboxylic acids is 2. The molecular weight excluding hydrogens is 284 g/mol. The molecule has 2 heteroatoms. The summed E-state index contributed by atoms with van der Waals surface area (Å²) in [5.41, 5.74) is 1.83. The minimum absolute atomic E-state index is 0.0135. The maximum atomic E-state index is 12.8. The summed E-state index contributed by atoms with van der Waals surface area (Å²) >= 11 is 0. The van der Waals surface area contributed by atoms with E-state index in [0.29, 0.717) is 0 Å². The molecule has 1 fully saturated rings. The van der Waals surface area contributed by atoms with E-state index in [2.05, 4.69) is 0 Å². The van der Waals surface area contributed by atoms with E-state index in [0.717, 1.165) is 30.3 Å². The summed E-state index contributed by atoms with van der Waals surface area (Å²) in [5.74, 6) is -0.0294. The van der Waals surface area contributed by atoms with Crippen LogP contribution >= 0.6 is 0 Å². The van der Waals surface area contributed by atoms with E-state index in [1.165, 1.54) is 0 Å². The van der Waals surface area contributed by atoms with Gasteiger partial charge in [-0.3, -0.25) is 4.79 Å². The van der Waals surface area contributed by atoms with Gasteiger partial charge in [-0.25, -0.2) is 0 Å². The van der Waals surface area contributed by atoms with E-state index >= 15 is 0 Å². The zero-order valence-electron chi connectivity index (χ0n) is 13.0. The molecule has 0 unspecified atom stereocenters. The van der Waals surface area contributed by atoms with Crippen molar-refractivity contribution in [3.05, 3.63) is 77.9 Å². The third-order valence-corrected chi connectivity index (χ3v) is 4.65. The van der Waals surface area contributed by atoms with Crippen molar-refractivity contribution in [3.8, 4) is 0 Å². The number of hydrogen-bond donors (Lipinski definition) is 0. The summed E-state index contributed by atoms with van der Waals surface area (Å²) in [6, 6.07) is 19.4. The molecule has 0 aromatic heterocycles. The molecule has 116 valence electrons. The van der Waals surface area contributed by atoms with Gasteiger partial charge in [-0.1, -0.05) is 72.8 Å². The number of benzene rings is 2. The Morgan fingerprint density at radius 3 is 2.22 bits per heavy atom. The van der Waals surface area contributed by atoms with Crippen LogP contribution in [0.5, 0.6) is 0 Å². The van der Waals surface area contributed by atoms with Crippen LogP contribution in [0.15, 0.2) is 66.7 Å². The van der Waals surface area contributed by atoms with Crippen LogP contribution in [0.4, 0.5) is 0 Å². The first-order valence-corrected chi connectivity index (χ1v) is 8.07. The summed E-state index contributed by atoms with van der Waals surface area (Å²) < 4.78 is 0. The van der Waals surface area contributed by atoms with Crippen molar-refractivity contribution in [1.29, 1.82) is 0 Å². The summed E-state index contributed by atoms with van der Waals surface area (Å²) in [5, 5.41) is 0. The molecule has 23 heavy (non-hydrogen) atoms. The van der Waals surface area contributed by atoms with Crippen LogP contribution in [-0.4, -0.2) is 12.1 Å². The van der Waals surface area contributed by atoms with Crippen LogP contribution in [0, 0.1) is 17.8 Å². The molecule has 0 amide bonds. The first-order chi connectivity index (χ1) is 11.3. The van der Waals surface area contributed by atoms with Crippen molar-refractivity contribution < 1.29 is 9.59 Å². The zero-order valence-corrected chi connectivity index (χ0v) is 13.0. The molecule has 0 N–H and O–H groups in total. The SMILES string of the molecule is O=C[C@H]1CC[C@@H](C(=O)c2ccccc2)[C@@H]1/C=C/c1ccccc1. The highest BCUT2D eigenvalue weighted by Gasteiger charge is 2.38. The monoisotopic (exact) mass is 304 g/mol. The second-order valence-electron chi connectivity index (χ2n) is 6.06. The largest absolute Gasteiger partial charge is 0.303 e. The van der Waals surface area contributed by atoms with E-state index in [1.807, 2.05) is 72.8 Å². The Morgan fingerprint density at radius 2 is 1.57 bits per heavy atom. The second-order valence-corrected chi connectivity index (χ2v) is 6.06. The Kier molecular flexibility index (Phi) is 4.82. The Labute approximate surface area is 136 Å². The minimum atomic E-state index is -0.104. The highest BCUT2D eigenvalue weighted by atomic mass is 16.1. The maximum absolute atomic E-state index is 12.8. The third kappa shape index (κ3) is 3.48. The lowest BCUT2D eigenvalue weighted by Gasteiger charge is -2.18. The van der Waals surface area contributed by atoms with Crippen molar-refractivity contribution in [1.82, 2.24) is 0 Å². The van der Waals surface area contributed by atoms with Gasteiger partial charge in [0.15, 0.2) is 5.78 Å². The molecule has 0 radical (unpaired) electrons. The van der Waals surface area contributed by atoms with Gasteiger partial charge in [0.25, 0.3) is 0 Å². The van der Waals surface area contributed by atoms with Crippen LogP contribution in [0.25, 0.3) is 6.08 Å². The molecule has 2 aromatic carbocycles. The van der Waals surface area contributed by atoms with E-state index in [9.17, 15) is 9.59 Å². The van der Waals surface area contributed by atoms with Gasteiger partial charge in [-0.2, -0.15) is 0 Å². The van der Waals surface area contributed by atoms with Gasteiger partial charge in [0.2, 0.25) is 0 Å². The Hall–Kier alpha value is -2.48. The molecular formula is C21H20O2. The first kappa shape index (κ1) is 15.4. The average molecular weight is 304 g/mol. The van der Waals surface area contributed by atoms with Gasteiger partial charge in [-0.05, 0) is 24.3 Å². The van der Waals surface area contributed by atoms with Gasteiger partial charge in [-0.15, -0.1) is 0 Å². The number of ketones is 1. The minimum Gasteiger partial charge on any atom is -0.303 e. The Bertz CT molecular complexity index is 688. The van der Waals surface area contributed by atoms with Crippen LogP contribution in [0.3, 0.4) is 0 Å². The van der Waals surface area contributed by atoms with Crippen molar-refractivity contribution in [2.24, 2.45) is 17.8 Å². The summed E-state index contributed by atoms with van der Waals surface area (Å²) in [6.45, 7) is 0. The molecule has 2 nitrogen and oxygen atoms in total. The molecule has 3 atom stereocenters. The summed E-state index contributed by atoms with van der Waals surface area (Å²) in [4.78, 5) is 24.2. The molecule has 0 heterocycles. The van der Waals surface area contributed by atoms with E-state index in [1.54, 1.807) is 0 Å². The van der Waals surface area contributed by atoms with Gasteiger partial charge in [0.05, 0.1) is 0 Å². The van der Waals surface area contributed by atoms with Gasteiger partial charge >= 0.3 is 0 Å². The van der Waals surface area contributed by atoms with Crippen LogP contribution in [0.1, 0.15) is 28.8 Å². The number of allylic oxidation sites excluding steroid dienone is 1. The molecule has 0 bridgehead atoms. The number of hydrogen-bond acceptors (Lipinski definition) is 2. The van der Waals surface area contributed by atoms with Gasteiger partial charge in [0, 0.05) is 17.4 Å². The van der Waals surface area contributed by atoms with E-state index in [4.69, 9.17) is 0 Å². The molecule has 0 spiro atoms. The highest BCUT2D eigenvalue weighted by molar-refractivity contribution is 5.98. The topological polar surface area (TPSA) is 34.1 Å². The molecule has 0 aliphatic heterocycles. The summed E-state index contributed by atoms with van der Waals surface area (Å²) in [6.07, 6.45) is 6.65. The smallest absolute Gasteiger partial charge is 0.166 e. The fourth-order valence-corrected chi connectivity index (χ4v) is 3.40. The number of carbonyl (C=O) groups is 2. The lowest BCUT2D eigenvalue weighted by atomic mass is 9.84. The standard InChI is InChI=1S/C21H20O2/c22-15-18-12-14-20(21(23)17-9-5-2-6-10-17)19(18)13-11-16-7-3-1-4-8-16/h1-11,13,15,18-20H,12,14H2/b13-11+/t18-,19-,20-/m1/s1. The number of rotatable bonds is 5. The molecule has 1 aliphatic rings. The average Bonchev–Trinajstić information content (AvgIpc) is 3.04. The van der Waals surface area contributed by atoms with Crippen molar-refractivity contribution in [2.45, 2.75) is 12.8 Å². The Morgan fingerprint density at radius 1 is 0.913 bits per heavy atom. The van der Waals surface area contributed by atoms with Crippen molar-refractivity contribution in [3.63, 3.8) is 0 Å². The predicted octanol–water partition coefficient (Wildman–Crippen LogP) is 4.42. The van der Waals surface area contributed by atoms with E-state index in [-0.39, 0.29) is 23.5 Å². The molecule has 2 aromatic rings. The second kappa shape index (κ2) is 7.19. The lowest BCUT2D eigenvalue weighted by molar-refractivity contribution is -0.111. The molecule has 0 saturated heterocycles. The maximum Gasteiger partial charge on any atom is 0.166 e. The van der Waals surface area contributed by atoms with Crippen molar-refractivity contribution >= 4 is 18.1 Å². The fraction of sp³-hybridized carbons (Fsp3) is 0.238. The fourth-order valence-electron chi connectivity index (χ4n) is 3.40. The Balaban J connectivity index is 1.83. The van der Waals surface area contributed by atoms with Gasteiger partial charge < -0.3 is 4.79 Å². The molecule has 1 saturated carbocycles. The molecule has 1 aliphatic carbocycles.